The minimum Gasteiger partial charge on any atom is -0.325 e. The van der Waals surface area contributed by atoms with Crippen molar-refractivity contribution in [3.05, 3.63) is 47.8 Å². The van der Waals surface area contributed by atoms with E-state index in [1.54, 1.807) is 12.3 Å². The highest BCUT2D eigenvalue weighted by molar-refractivity contribution is 5.92. The van der Waals surface area contributed by atoms with Crippen molar-refractivity contribution in [3.63, 3.8) is 0 Å². The summed E-state index contributed by atoms with van der Waals surface area (Å²) in [4.78, 5) is 11.9. The summed E-state index contributed by atoms with van der Waals surface area (Å²) in [6.45, 7) is 3.70. The van der Waals surface area contributed by atoms with Gasteiger partial charge < -0.3 is 10.6 Å². The molecule has 5 nitrogen and oxygen atoms in total. The second-order valence-corrected chi connectivity index (χ2v) is 4.24. The number of hydrogen-bond acceptors (Lipinski definition) is 3. The molecule has 2 aromatic rings. The van der Waals surface area contributed by atoms with Crippen molar-refractivity contribution >= 4 is 11.6 Å². The molecule has 0 aliphatic heterocycles. The minimum atomic E-state index is -0.0480. The quantitative estimate of drug-likeness (QED) is 0.738. The highest BCUT2D eigenvalue weighted by Crippen LogP contribution is 2.15. The van der Waals surface area contributed by atoms with Gasteiger partial charge in [-0.15, -0.1) is 0 Å². The molecule has 0 radical (unpaired) electrons. The van der Waals surface area contributed by atoms with Crippen LogP contribution < -0.4 is 10.6 Å². The van der Waals surface area contributed by atoms with E-state index in [-0.39, 0.29) is 5.91 Å². The first-order chi connectivity index (χ1) is 9.29. The first kappa shape index (κ1) is 13.3. The number of aromatic amines is 1. The summed E-state index contributed by atoms with van der Waals surface area (Å²) in [5.74, 6) is -0.0480. The number of hydrogen-bond donors (Lipinski definition) is 3. The van der Waals surface area contributed by atoms with Gasteiger partial charge in [0.15, 0.2) is 0 Å². The van der Waals surface area contributed by atoms with Crippen LogP contribution in [0.2, 0.25) is 0 Å². The van der Waals surface area contributed by atoms with Crippen LogP contribution >= 0.6 is 0 Å². The van der Waals surface area contributed by atoms with E-state index < -0.39 is 0 Å². The van der Waals surface area contributed by atoms with Gasteiger partial charge >= 0.3 is 0 Å². The Morgan fingerprint density at radius 3 is 2.89 bits per heavy atom. The zero-order chi connectivity index (χ0) is 13.5. The first-order valence-corrected chi connectivity index (χ1v) is 6.36. The average Bonchev–Trinajstić information content (AvgIpc) is 2.90. The van der Waals surface area contributed by atoms with E-state index in [0.29, 0.717) is 6.42 Å². The number of H-pyrrole nitrogens is 1. The van der Waals surface area contributed by atoms with Crippen LogP contribution in [0.3, 0.4) is 0 Å². The Morgan fingerprint density at radius 1 is 1.32 bits per heavy atom. The van der Waals surface area contributed by atoms with Gasteiger partial charge in [0.1, 0.15) is 0 Å². The van der Waals surface area contributed by atoms with Crippen molar-refractivity contribution in [2.45, 2.75) is 19.9 Å². The van der Waals surface area contributed by atoms with Crippen molar-refractivity contribution < 1.29 is 4.79 Å². The first-order valence-electron chi connectivity index (χ1n) is 6.36. The maximum absolute atomic E-state index is 11.9. The number of carbonyl (C=O) groups excluding carboxylic acids is 1. The van der Waals surface area contributed by atoms with Crippen molar-refractivity contribution in [2.75, 3.05) is 11.9 Å². The molecule has 1 aromatic carbocycles. The van der Waals surface area contributed by atoms with Crippen LogP contribution in [0.5, 0.6) is 0 Å². The van der Waals surface area contributed by atoms with Gasteiger partial charge in [0.2, 0.25) is 5.91 Å². The van der Waals surface area contributed by atoms with Crippen LogP contribution in [0, 0.1) is 0 Å². The summed E-state index contributed by atoms with van der Waals surface area (Å²) >= 11 is 0. The lowest BCUT2D eigenvalue weighted by Crippen LogP contribution is -2.18. The Kier molecular flexibility index (Phi) is 4.69. The number of nitrogens with zero attached hydrogens (tertiary/aromatic N) is 1. The lowest BCUT2D eigenvalue weighted by atomic mass is 10.1. The van der Waals surface area contributed by atoms with Crippen LogP contribution in [0.4, 0.5) is 5.69 Å². The van der Waals surface area contributed by atoms with Crippen LogP contribution in [-0.4, -0.2) is 22.6 Å². The fourth-order valence-corrected chi connectivity index (χ4v) is 1.81. The van der Waals surface area contributed by atoms with E-state index in [1.165, 1.54) is 0 Å². The van der Waals surface area contributed by atoms with Crippen molar-refractivity contribution in [1.29, 1.82) is 0 Å². The van der Waals surface area contributed by atoms with E-state index in [4.69, 9.17) is 0 Å². The largest absolute Gasteiger partial charge is 0.325 e. The van der Waals surface area contributed by atoms with Gasteiger partial charge in [-0.1, -0.05) is 25.1 Å². The third kappa shape index (κ3) is 3.93. The van der Waals surface area contributed by atoms with E-state index in [9.17, 15) is 4.79 Å². The summed E-state index contributed by atoms with van der Waals surface area (Å²) in [6, 6.07) is 9.61. The number of aromatic nitrogens is 2. The summed E-state index contributed by atoms with van der Waals surface area (Å²) < 4.78 is 0. The molecule has 3 N–H and O–H groups in total. The minimum absolute atomic E-state index is 0.0480. The van der Waals surface area contributed by atoms with E-state index >= 15 is 0 Å². The number of amides is 1. The molecule has 1 aromatic heterocycles. The lowest BCUT2D eigenvalue weighted by Gasteiger charge is -2.11. The Labute approximate surface area is 112 Å². The molecule has 2 rings (SSSR count). The molecule has 100 valence electrons. The molecule has 1 amide bonds. The molecule has 0 aliphatic rings. The molecule has 0 saturated carbocycles. The molecule has 0 atom stereocenters. The number of carbonyl (C=O) groups is 1. The molecule has 0 saturated heterocycles. The number of nitrogens with one attached hydrogen (secondary N) is 3. The maximum Gasteiger partial charge on any atom is 0.230 e. The standard InChI is InChI=1S/C14H18N4O/c1-2-15-10-11-5-3-4-6-13(11)17-14(19)9-12-7-8-16-18-12/h3-8,15H,2,9-10H2,1H3,(H,16,18)(H,17,19). The third-order valence-electron chi connectivity index (χ3n) is 2.77. The number of anilines is 1. The van der Waals surface area contributed by atoms with Crippen LogP contribution in [-0.2, 0) is 17.8 Å². The molecule has 5 heteroatoms. The topological polar surface area (TPSA) is 69.8 Å². The average molecular weight is 258 g/mol. The van der Waals surface area contributed by atoms with Gasteiger partial charge in [-0.3, -0.25) is 9.89 Å². The lowest BCUT2D eigenvalue weighted by molar-refractivity contribution is -0.115. The van der Waals surface area contributed by atoms with Crippen LogP contribution in [0.1, 0.15) is 18.2 Å². The van der Waals surface area contributed by atoms with Crippen molar-refractivity contribution in [3.8, 4) is 0 Å². The molecular formula is C14H18N4O. The van der Waals surface area contributed by atoms with Gasteiger partial charge in [0.25, 0.3) is 0 Å². The molecule has 1 heterocycles. The zero-order valence-corrected chi connectivity index (χ0v) is 10.9. The predicted octanol–water partition coefficient (Wildman–Crippen LogP) is 1.70. The SMILES string of the molecule is CCNCc1ccccc1NC(=O)Cc1ccn[nH]1. The van der Waals surface area contributed by atoms with Crippen molar-refractivity contribution in [2.24, 2.45) is 0 Å². The summed E-state index contributed by atoms with van der Waals surface area (Å²) in [5.41, 5.74) is 2.75. The molecule has 0 unspecified atom stereocenters. The number of benzene rings is 1. The Bertz CT molecular complexity index is 522. The molecule has 0 spiro atoms. The van der Waals surface area contributed by atoms with Gasteiger partial charge in [-0.05, 0) is 24.2 Å². The summed E-state index contributed by atoms with van der Waals surface area (Å²) in [7, 11) is 0. The highest BCUT2D eigenvalue weighted by atomic mass is 16.1. The second kappa shape index (κ2) is 6.70. The van der Waals surface area contributed by atoms with Gasteiger partial charge in [-0.25, -0.2) is 0 Å². The van der Waals surface area contributed by atoms with E-state index in [0.717, 1.165) is 30.0 Å². The maximum atomic E-state index is 11.9. The van der Waals surface area contributed by atoms with Gasteiger partial charge in [-0.2, -0.15) is 5.10 Å². The monoisotopic (exact) mass is 258 g/mol. The van der Waals surface area contributed by atoms with Gasteiger partial charge in [0, 0.05) is 24.1 Å². The van der Waals surface area contributed by atoms with E-state index in [1.807, 2.05) is 24.3 Å². The highest BCUT2D eigenvalue weighted by Gasteiger charge is 2.07. The summed E-state index contributed by atoms with van der Waals surface area (Å²) in [6.07, 6.45) is 1.94. The second-order valence-electron chi connectivity index (χ2n) is 4.24. The summed E-state index contributed by atoms with van der Waals surface area (Å²) in [5, 5.41) is 12.8. The van der Waals surface area contributed by atoms with Crippen LogP contribution in [0.15, 0.2) is 36.5 Å². The normalized spacial score (nSPS) is 10.4. The Morgan fingerprint density at radius 2 is 2.16 bits per heavy atom. The number of rotatable bonds is 6. The third-order valence-corrected chi connectivity index (χ3v) is 2.77. The van der Waals surface area contributed by atoms with E-state index in [2.05, 4.69) is 27.8 Å². The Balaban J connectivity index is 1.99. The number of para-hydroxylation sites is 1. The molecule has 0 aliphatic carbocycles. The van der Waals surface area contributed by atoms with Crippen molar-refractivity contribution in [1.82, 2.24) is 15.5 Å². The fourth-order valence-electron chi connectivity index (χ4n) is 1.81. The van der Waals surface area contributed by atoms with Gasteiger partial charge in [0.05, 0.1) is 6.42 Å². The molecule has 0 fully saturated rings. The predicted molar refractivity (Wildman–Crippen MR) is 74.7 cm³/mol. The molecule has 19 heavy (non-hydrogen) atoms. The zero-order valence-electron chi connectivity index (χ0n) is 10.9. The fraction of sp³-hybridized carbons (Fsp3) is 0.286. The van der Waals surface area contributed by atoms with Crippen LogP contribution in [0.25, 0.3) is 0 Å². The smallest absolute Gasteiger partial charge is 0.230 e. The molecular weight excluding hydrogens is 240 g/mol. The molecule has 0 bridgehead atoms. The Hall–Kier alpha value is -2.14.